The van der Waals surface area contributed by atoms with E-state index in [0.29, 0.717) is 16.0 Å². The Balaban J connectivity index is 2.22. The lowest BCUT2D eigenvalue weighted by atomic mass is 10.3. The summed E-state index contributed by atoms with van der Waals surface area (Å²) in [5.74, 6) is 0.688. The Bertz CT molecular complexity index is 432. The summed E-state index contributed by atoms with van der Waals surface area (Å²) in [5, 5.41) is 3.10. The molecule has 1 aromatic heterocycles. The van der Waals surface area contributed by atoms with E-state index in [-0.39, 0.29) is 0 Å². The van der Waals surface area contributed by atoms with Gasteiger partial charge in [-0.1, -0.05) is 22.9 Å². The molecule has 14 heavy (non-hydrogen) atoms. The minimum absolute atomic E-state index is 0.614. The fourth-order valence-electron chi connectivity index (χ4n) is 0.902. The molecule has 0 bridgehead atoms. The molecule has 1 aromatic carbocycles. The summed E-state index contributed by atoms with van der Waals surface area (Å²) in [7, 11) is 0. The van der Waals surface area contributed by atoms with Gasteiger partial charge in [-0.2, -0.15) is 0 Å². The second kappa shape index (κ2) is 4.29. The molecule has 0 amide bonds. The Morgan fingerprint density at radius 2 is 2.29 bits per heavy atom. The zero-order valence-electron chi connectivity index (χ0n) is 6.91. The van der Waals surface area contributed by atoms with Crippen molar-refractivity contribution in [3.63, 3.8) is 0 Å². The van der Waals surface area contributed by atoms with E-state index in [9.17, 15) is 0 Å². The van der Waals surface area contributed by atoms with Crippen LogP contribution in [0.1, 0.15) is 0 Å². The number of ether oxygens (including phenoxy) is 1. The topological polar surface area (TPSA) is 22.1 Å². The lowest BCUT2D eigenvalue weighted by molar-refractivity contribution is 0.479. The largest absolute Gasteiger partial charge is 0.431 e. The van der Waals surface area contributed by atoms with Crippen molar-refractivity contribution in [2.45, 2.75) is 0 Å². The van der Waals surface area contributed by atoms with E-state index in [0.717, 1.165) is 4.47 Å². The van der Waals surface area contributed by atoms with Crippen LogP contribution in [0.4, 0.5) is 0 Å². The van der Waals surface area contributed by atoms with Gasteiger partial charge in [0.05, 0.1) is 5.02 Å². The van der Waals surface area contributed by atoms with Crippen molar-refractivity contribution in [2.75, 3.05) is 0 Å². The third-order valence-corrected chi connectivity index (χ3v) is 3.39. The lowest BCUT2D eigenvalue weighted by Gasteiger charge is -2.02. The van der Waals surface area contributed by atoms with E-state index < -0.39 is 0 Å². The minimum Gasteiger partial charge on any atom is -0.431 e. The Kier molecular flexibility index (Phi) is 3.05. The van der Waals surface area contributed by atoms with Gasteiger partial charge in [-0.25, -0.2) is 4.98 Å². The molecular formula is C9H5BrClNOS. The molecule has 0 fully saturated rings. The molecule has 0 saturated carbocycles. The summed E-state index contributed by atoms with van der Waals surface area (Å²) < 4.78 is 6.31. The predicted octanol–water partition coefficient (Wildman–Crippen LogP) is 4.35. The van der Waals surface area contributed by atoms with Crippen LogP contribution in [0.15, 0.2) is 34.2 Å². The van der Waals surface area contributed by atoms with Crippen molar-refractivity contribution in [1.29, 1.82) is 0 Å². The van der Waals surface area contributed by atoms with Gasteiger partial charge in [0, 0.05) is 22.1 Å². The predicted molar refractivity (Wildman–Crippen MR) is 61.3 cm³/mol. The van der Waals surface area contributed by atoms with Gasteiger partial charge in [0.2, 0.25) is 0 Å². The number of benzene rings is 1. The number of aromatic nitrogens is 1. The fraction of sp³-hybridized carbons (Fsp3) is 0. The SMILES string of the molecule is Clc1cc(Oc2nccs2)ccc1Br. The van der Waals surface area contributed by atoms with E-state index >= 15 is 0 Å². The number of rotatable bonds is 2. The first-order valence-corrected chi connectivity index (χ1v) is 5.83. The zero-order chi connectivity index (χ0) is 9.97. The van der Waals surface area contributed by atoms with Crippen LogP contribution in [-0.2, 0) is 0 Å². The standard InChI is InChI=1S/C9H5BrClNOS/c10-7-2-1-6(5-8(7)11)13-9-12-3-4-14-9/h1-5H. The van der Waals surface area contributed by atoms with Gasteiger partial charge in [-0.15, -0.1) is 0 Å². The molecule has 2 nitrogen and oxygen atoms in total. The number of thiazole rings is 1. The molecule has 0 atom stereocenters. The highest BCUT2D eigenvalue weighted by Gasteiger charge is 2.02. The number of nitrogens with zero attached hydrogens (tertiary/aromatic N) is 1. The van der Waals surface area contributed by atoms with Crippen LogP contribution in [0.5, 0.6) is 10.9 Å². The first-order valence-electron chi connectivity index (χ1n) is 3.78. The first-order chi connectivity index (χ1) is 6.75. The summed E-state index contributed by atoms with van der Waals surface area (Å²) in [6.07, 6.45) is 1.69. The second-order valence-electron chi connectivity index (χ2n) is 2.48. The van der Waals surface area contributed by atoms with Crippen LogP contribution >= 0.6 is 38.9 Å². The minimum atomic E-state index is 0.614. The Hall–Kier alpha value is -0.580. The van der Waals surface area contributed by atoms with Crippen LogP contribution < -0.4 is 4.74 Å². The summed E-state index contributed by atoms with van der Waals surface area (Å²) in [4.78, 5) is 4.01. The number of hydrogen-bond acceptors (Lipinski definition) is 3. The molecule has 5 heteroatoms. The van der Waals surface area contributed by atoms with Crippen LogP contribution in [0, 0.1) is 0 Å². The molecule has 0 aliphatic carbocycles. The van der Waals surface area contributed by atoms with Crippen molar-refractivity contribution in [1.82, 2.24) is 4.98 Å². The highest BCUT2D eigenvalue weighted by molar-refractivity contribution is 9.10. The fourth-order valence-corrected chi connectivity index (χ4v) is 1.82. The molecule has 72 valence electrons. The van der Waals surface area contributed by atoms with Crippen LogP contribution in [0.3, 0.4) is 0 Å². The summed E-state index contributed by atoms with van der Waals surface area (Å²) in [6, 6.07) is 5.41. The highest BCUT2D eigenvalue weighted by Crippen LogP contribution is 2.30. The highest BCUT2D eigenvalue weighted by atomic mass is 79.9. The quantitative estimate of drug-likeness (QED) is 0.820. The van der Waals surface area contributed by atoms with Crippen LogP contribution in [0.25, 0.3) is 0 Å². The molecule has 0 N–H and O–H groups in total. The molecule has 2 aromatic rings. The smallest absolute Gasteiger partial charge is 0.278 e. The number of halogens is 2. The van der Waals surface area contributed by atoms with Gasteiger partial charge >= 0.3 is 0 Å². The molecule has 0 aliphatic rings. The van der Waals surface area contributed by atoms with Gasteiger partial charge < -0.3 is 4.74 Å². The third-order valence-electron chi connectivity index (χ3n) is 1.51. The maximum absolute atomic E-state index is 5.91. The molecule has 0 aliphatic heterocycles. The lowest BCUT2D eigenvalue weighted by Crippen LogP contribution is -1.82. The van der Waals surface area contributed by atoms with Crippen molar-refractivity contribution in [2.24, 2.45) is 0 Å². The molecule has 0 unspecified atom stereocenters. The average Bonchev–Trinajstić information content (AvgIpc) is 2.64. The van der Waals surface area contributed by atoms with Gasteiger partial charge in [-0.3, -0.25) is 0 Å². The molecule has 1 heterocycles. The molecule has 0 spiro atoms. The Morgan fingerprint density at radius 1 is 1.43 bits per heavy atom. The van der Waals surface area contributed by atoms with E-state index in [2.05, 4.69) is 20.9 Å². The van der Waals surface area contributed by atoms with E-state index in [4.69, 9.17) is 16.3 Å². The monoisotopic (exact) mass is 289 g/mol. The van der Waals surface area contributed by atoms with E-state index in [1.807, 2.05) is 17.5 Å². The normalized spacial score (nSPS) is 10.1. The van der Waals surface area contributed by atoms with E-state index in [1.54, 1.807) is 12.3 Å². The first kappa shape index (κ1) is 9.96. The Morgan fingerprint density at radius 3 is 2.93 bits per heavy atom. The maximum atomic E-state index is 5.91. The zero-order valence-corrected chi connectivity index (χ0v) is 10.1. The summed E-state index contributed by atoms with van der Waals surface area (Å²) in [5.41, 5.74) is 0. The van der Waals surface area contributed by atoms with Crippen molar-refractivity contribution in [3.8, 4) is 10.9 Å². The van der Waals surface area contributed by atoms with Crippen molar-refractivity contribution >= 4 is 38.9 Å². The summed E-state index contributed by atoms with van der Waals surface area (Å²) in [6.45, 7) is 0. The van der Waals surface area contributed by atoms with E-state index in [1.165, 1.54) is 11.3 Å². The van der Waals surface area contributed by atoms with Crippen LogP contribution in [-0.4, -0.2) is 4.98 Å². The third kappa shape index (κ3) is 2.26. The van der Waals surface area contributed by atoms with Gasteiger partial charge in [0.15, 0.2) is 0 Å². The van der Waals surface area contributed by atoms with Gasteiger partial charge in [0.1, 0.15) is 5.75 Å². The van der Waals surface area contributed by atoms with Crippen molar-refractivity contribution in [3.05, 3.63) is 39.3 Å². The number of hydrogen-bond donors (Lipinski definition) is 0. The van der Waals surface area contributed by atoms with Crippen LogP contribution in [0.2, 0.25) is 5.02 Å². The second-order valence-corrected chi connectivity index (χ2v) is 4.59. The van der Waals surface area contributed by atoms with Gasteiger partial charge in [0.25, 0.3) is 5.19 Å². The average molecular weight is 291 g/mol. The molecule has 0 radical (unpaired) electrons. The van der Waals surface area contributed by atoms with Gasteiger partial charge in [-0.05, 0) is 28.1 Å². The maximum Gasteiger partial charge on any atom is 0.278 e. The molecular weight excluding hydrogens is 286 g/mol. The molecule has 2 rings (SSSR count). The summed E-state index contributed by atoms with van der Waals surface area (Å²) >= 11 is 10.7. The Labute approximate surface area is 98.6 Å². The van der Waals surface area contributed by atoms with Crippen molar-refractivity contribution < 1.29 is 4.74 Å². The molecule has 0 saturated heterocycles.